The van der Waals surface area contributed by atoms with Gasteiger partial charge in [-0.2, -0.15) is 0 Å². The molecule has 11 atom stereocenters. The Hall–Kier alpha value is 0.840. The second-order valence-electron chi connectivity index (χ2n) is 12.4. The van der Waals surface area contributed by atoms with Gasteiger partial charge >= 0.3 is 0 Å². The number of rotatable bonds is 41. The third-order valence-electron chi connectivity index (χ3n) is 6.95. The van der Waals surface area contributed by atoms with Crippen LogP contribution in [0.3, 0.4) is 0 Å². The van der Waals surface area contributed by atoms with Gasteiger partial charge in [-0.25, -0.2) is 0 Å². The number of hydrogen-bond donors (Lipinski definition) is 3. The molecular formula is C25H54O33P8-8. The summed E-state index contributed by atoms with van der Waals surface area (Å²) in [4.78, 5) is 107. The molecule has 0 amide bonds. The van der Waals surface area contributed by atoms with Gasteiger partial charge in [0.05, 0.1) is 92.5 Å². The first-order valence-corrected chi connectivity index (χ1v) is 30.5. The Kier molecular flexibility index (Phi) is 35.8. The molecule has 0 aromatic rings. The normalized spacial score (nSPS) is 20.8. The molecule has 11 unspecified atom stereocenters. The van der Waals surface area contributed by atoms with Gasteiger partial charge in [0.15, 0.2) is 0 Å². The van der Waals surface area contributed by atoms with Gasteiger partial charge < -0.3 is 117 Å². The molecule has 0 heterocycles. The predicted octanol–water partition coefficient (Wildman–Crippen LogP) is -1.97. The van der Waals surface area contributed by atoms with E-state index in [0.29, 0.717) is 6.42 Å². The van der Waals surface area contributed by atoms with Crippen molar-refractivity contribution in [2.45, 2.75) is 47.0 Å². The Bertz CT molecular complexity index is 1700. The zero-order chi connectivity index (χ0) is 51.4. The van der Waals surface area contributed by atoms with Crippen LogP contribution < -0.4 is 39.1 Å². The molecule has 0 aliphatic heterocycles. The maximum atomic E-state index is 11.7. The summed E-state index contributed by atoms with van der Waals surface area (Å²) in [5.41, 5.74) is 0. The van der Waals surface area contributed by atoms with Gasteiger partial charge in [0.1, 0.15) is 0 Å². The Labute approximate surface area is 379 Å². The van der Waals surface area contributed by atoms with E-state index in [2.05, 4.69) is 63.3 Å². The van der Waals surface area contributed by atoms with Gasteiger partial charge in [-0.05, 0) is 18.8 Å². The highest BCUT2D eigenvalue weighted by Gasteiger charge is 2.19. The highest BCUT2D eigenvalue weighted by molar-refractivity contribution is 7.47. The van der Waals surface area contributed by atoms with Gasteiger partial charge in [0.25, 0.3) is 62.6 Å². The molecule has 33 nitrogen and oxygen atoms in total. The third-order valence-corrected chi connectivity index (χ3v) is 13.8. The number of aliphatic hydroxyl groups is 1. The highest BCUT2D eigenvalue weighted by Crippen LogP contribution is 2.44. The number of aliphatic hydroxyl groups excluding tert-OH is 1. The van der Waals surface area contributed by atoms with Crippen molar-refractivity contribution in [1.29, 1.82) is 0 Å². The minimum Gasteiger partial charge on any atom is -0.756 e. The molecule has 0 aliphatic carbocycles. The van der Waals surface area contributed by atoms with E-state index >= 15 is 0 Å². The van der Waals surface area contributed by atoms with Crippen LogP contribution in [0.25, 0.3) is 0 Å². The van der Waals surface area contributed by atoms with Crippen molar-refractivity contribution in [3.05, 3.63) is 0 Å². The van der Waals surface area contributed by atoms with E-state index in [1.807, 2.05) is 13.8 Å². The lowest BCUT2D eigenvalue weighted by Gasteiger charge is -2.27. The molecule has 66 heavy (non-hydrogen) atoms. The summed E-state index contributed by atoms with van der Waals surface area (Å²) < 4.78 is 151. The van der Waals surface area contributed by atoms with E-state index in [9.17, 15) is 75.7 Å². The molecule has 0 bridgehead atoms. The summed E-state index contributed by atoms with van der Waals surface area (Å²) in [6, 6.07) is 0. The molecule has 0 spiro atoms. The second-order valence-corrected chi connectivity index (χ2v) is 23.2. The van der Waals surface area contributed by atoms with Crippen molar-refractivity contribution in [3.8, 4) is 0 Å². The first kappa shape index (κ1) is 68.9. The number of phosphoric acid groups is 8. The number of hydrogen-bond acceptors (Lipinski definition) is 31. The van der Waals surface area contributed by atoms with Crippen LogP contribution in [0.2, 0.25) is 0 Å². The lowest BCUT2D eigenvalue weighted by atomic mass is 10.1. The summed E-state index contributed by atoms with van der Waals surface area (Å²) >= 11 is 0. The zero-order valence-electron chi connectivity index (χ0n) is 35.6. The van der Waals surface area contributed by atoms with Crippen molar-refractivity contribution in [2.75, 3.05) is 99.1 Å². The van der Waals surface area contributed by atoms with Crippen LogP contribution in [-0.4, -0.2) is 114 Å². The average Bonchev–Trinajstić information content (AvgIpc) is 3.19. The smallest absolute Gasteiger partial charge is 0.268 e. The zero-order valence-corrected chi connectivity index (χ0v) is 42.8. The van der Waals surface area contributed by atoms with Gasteiger partial charge in [-0.3, -0.25) is 36.5 Å². The summed E-state index contributed by atoms with van der Waals surface area (Å²) in [7, 11) is -39.5. The van der Waals surface area contributed by atoms with E-state index in [4.69, 9.17) is 14.9 Å². The molecule has 41 heteroatoms. The molecule has 0 rings (SSSR count). The summed E-state index contributed by atoms with van der Waals surface area (Å²) in [6.45, 7) is -3.19. The van der Waals surface area contributed by atoms with E-state index in [0.717, 1.165) is 6.42 Å². The van der Waals surface area contributed by atoms with Crippen LogP contribution in [0.1, 0.15) is 47.0 Å². The second kappa shape index (κ2) is 34.3. The van der Waals surface area contributed by atoms with E-state index in [1.54, 1.807) is 13.8 Å². The lowest BCUT2D eigenvalue weighted by molar-refractivity contribution is -0.238. The molecule has 0 saturated heterocycles. The van der Waals surface area contributed by atoms with Crippen LogP contribution in [0.4, 0.5) is 0 Å². The predicted molar refractivity (Wildman–Crippen MR) is 203 cm³/mol. The van der Waals surface area contributed by atoms with Gasteiger partial charge in [-0.15, -0.1) is 0 Å². The molecule has 0 aromatic heterocycles. The minimum absolute atomic E-state index is 0.00180. The van der Waals surface area contributed by atoms with Crippen LogP contribution in [0.5, 0.6) is 0 Å². The molecular weight excluding hydrogens is 1080 g/mol. The molecule has 0 radical (unpaired) electrons. The summed E-state index contributed by atoms with van der Waals surface area (Å²) in [6.07, 6.45) is 1.37. The Morgan fingerprint density at radius 2 is 0.576 bits per heavy atom. The molecule has 0 aromatic carbocycles. The van der Waals surface area contributed by atoms with Crippen LogP contribution in [-0.2, 0) is 99.9 Å². The van der Waals surface area contributed by atoms with Crippen LogP contribution in [0, 0.1) is 17.8 Å². The first-order valence-electron chi connectivity index (χ1n) is 18.7. The maximum absolute atomic E-state index is 11.7. The lowest BCUT2D eigenvalue weighted by Crippen LogP contribution is -2.20. The fourth-order valence-corrected chi connectivity index (χ4v) is 8.29. The standard InChI is InChI=1S/C18H44O25P6.C7H18O8P2/c1-3-17(13-19)14-42-48(29,30)39-11-9-37-46(25,26)35-7-5-33-45(23,24)34-6-8-36-47(27,28)38-10-12-40-49(31,32)43-16-18(4-2)15-41-44(20,21)22;1-3-7(2)6-15-17(11,12)14-5-4-13-16(8,9)10/h17-19H,3-16H2,1-2H3,(H,23,24)(H,25,26)(H,27,28)(H,29,30)(H,31,32)(H2,20,21,22);7H,3-6H2,1-2H3,(H,11,12)(H2,8,9,10)/p-8. The van der Waals surface area contributed by atoms with Gasteiger partial charge in [0.2, 0.25) is 0 Å². The van der Waals surface area contributed by atoms with Crippen LogP contribution >= 0.6 is 62.6 Å². The minimum atomic E-state index is -5.13. The monoisotopic (exact) mass is 1130 g/mol. The van der Waals surface area contributed by atoms with Gasteiger partial charge in [-0.1, -0.05) is 34.1 Å². The Balaban J connectivity index is 0. The van der Waals surface area contributed by atoms with Crippen molar-refractivity contribution < 1.29 is 154 Å². The average molecular weight is 1130 g/mol. The maximum Gasteiger partial charge on any atom is 0.268 e. The SMILES string of the molecule is CCC(C)COP(=O)([O-])OCCOP(=O)([O-])O.CCC(CO)COP(=O)([O-])OCCOP(=O)([O-])OCCOP(=O)([O-])OCCOP(=O)([O-])OCCOP(=O)([O-])OCC(CC)COP(=O)([O-])O. The van der Waals surface area contributed by atoms with E-state index in [1.165, 1.54) is 0 Å². The van der Waals surface area contributed by atoms with Crippen molar-refractivity contribution >= 4 is 62.6 Å². The van der Waals surface area contributed by atoms with E-state index in [-0.39, 0.29) is 32.2 Å². The summed E-state index contributed by atoms with van der Waals surface area (Å²) in [5.74, 6) is -1.17. The molecule has 400 valence electrons. The quantitative estimate of drug-likeness (QED) is 0.0441. The van der Waals surface area contributed by atoms with Crippen molar-refractivity contribution in [1.82, 2.24) is 0 Å². The Morgan fingerprint density at radius 1 is 0.348 bits per heavy atom. The first-order chi connectivity index (χ1) is 30.1. The Morgan fingerprint density at radius 3 is 0.818 bits per heavy atom. The largest absolute Gasteiger partial charge is 0.756 e. The molecule has 3 N–H and O–H groups in total. The number of phosphoric ester groups is 8. The molecule has 0 saturated carbocycles. The fourth-order valence-electron chi connectivity index (χ4n) is 3.23. The fraction of sp³-hybridized carbons (Fsp3) is 1.00. The van der Waals surface area contributed by atoms with Gasteiger partial charge in [0, 0.05) is 18.4 Å². The molecule has 0 aliphatic rings. The third kappa shape index (κ3) is 43.6. The van der Waals surface area contributed by atoms with E-state index < -0.39 is 154 Å². The van der Waals surface area contributed by atoms with Crippen LogP contribution in [0.15, 0.2) is 0 Å². The topological polar surface area (TPSA) is 511 Å². The van der Waals surface area contributed by atoms with Crippen molar-refractivity contribution in [3.63, 3.8) is 0 Å². The molecule has 0 fully saturated rings. The van der Waals surface area contributed by atoms with Crippen molar-refractivity contribution in [2.24, 2.45) is 17.8 Å². The highest BCUT2D eigenvalue weighted by atomic mass is 31.2. The summed E-state index contributed by atoms with van der Waals surface area (Å²) in [5, 5.41) is 9.01.